The molecular formula is C18H21NO5. The van der Waals surface area contributed by atoms with E-state index in [4.69, 9.17) is 9.47 Å². The molecule has 6 heteroatoms. The van der Waals surface area contributed by atoms with Crippen LogP contribution in [0.1, 0.15) is 18.0 Å². The van der Waals surface area contributed by atoms with E-state index in [0.29, 0.717) is 13.2 Å². The highest BCUT2D eigenvalue weighted by atomic mass is 16.5. The molecule has 0 aliphatic carbocycles. The molecule has 1 amide bonds. The Labute approximate surface area is 140 Å². The van der Waals surface area contributed by atoms with Gasteiger partial charge in [-0.3, -0.25) is 9.59 Å². The van der Waals surface area contributed by atoms with Crippen LogP contribution in [-0.4, -0.2) is 43.9 Å². The molecule has 1 atom stereocenters. The van der Waals surface area contributed by atoms with Crippen molar-refractivity contribution in [1.82, 2.24) is 5.32 Å². The second-order valence-corrected chi connectivity index (χ2v) is 5.33. The van der Waals surface area contributed by atoms with Gasteiger partial charge in [-0.15, -0.1) is 0 Å². The molecule has 0 saturated carbocycles. The molecule has 0 fully saturated rings. The minimum atomic E-state index is -0.978. The first-order valence-corrected chi connectivity index (χ1v) is 7.67. The van der Waals surface area contributed by atoms with E-state index in [1.165, 1.54) is 0 Å². The van der Waals surface area contributed by atoms with E-state index >= 15 is 0 Å². The average Bonchev–Trinajstić information content (AvgIpc) is 2.57. The maximum atomic E-state index is 12.0. The lowest BCUT2D eigenvalue weighted by molar-refractivity contribution is -0.138. The van der Waals surface area contributed by atoms with Gasteiger partial charge in [0.15, 0.2) is 0 Å². The molecule has 0 radical (unpaired) electrons. The Morgan fingerprint density at radius 2 is 1.88 bits per heavy atom. The number of carbonyl (C=O) groups is 2. The molecule has 0 aromatic heterocycles. The third-order valence-corrected chi connectivity index (χ3v) is 3.58. The Morgan fingerprint density at radius 1 is 1.12 bits per heavy atom. The molecule has 24 heavy (non-hydrogen) atoms. The topological polar surface area (TPSA) is 84.9 Å². The van der Waals surface area contributed by atoms with E-state index in [9.17, 15) is 14.7 Å². The molecular weight excluding hydrogens is 310 g/mol. The van der Waals surface area contributed by atoms with Crippen LogP contribution in [0.3, 0.4) is 0 Å². The van der Waals surface area contributed by atoms with Crippen LogP contribution in [0.2, 0.25) is 0 Å². The summed E-state index contributed by atoms with van der Waals surface area (Å²) in [6, 6.07) is 12.7. The van der Waals surface area contributed by atoms with Crippen LogP contribution < -0.4 is 5.32 Å². The molecule has 2 rings (SSSR count). The Bertz CT molecular complexity index is 695. The minimum Gasteiger partial charge on any atom is -0.481 e. The molecule has 0 aliphatic rings. The lowest BCUT2D eigenvalue weighted by Gasteiger charge is -2.19. The highest BCUT2D eigenvalue weighted by Gasteiger charge is 2.20. The van der Waals surface area contributed by atoms with Gasteiger partial charge in [0.2, 0.25) is 5.91 Å². The number of benzene rings is 2. The summed E-state index contributed by atoms with van der Waals surface area (Å²) >= 11 is 0. The van der Waals surface area contributed by atoms with Crippen molar-refractivity contribution in [2.75, 3.05) is 26.9 Å². The standard InChI is InChI=1S/C18H21NO5/c1-23-9-10-24-12-17(20)19-16(11-18(21)22)15-8-4-6-13-5-2-3-7-14(13)15/h2-8,16H,9-12H2,1H3,(H,19,20)(H,21,22)/t16-/m1/s1. The first-order valence-electron chi connectivity index (χ1n) is 7.67. The van der Waals surface area contributed by atoms with E-state index in [2.05, 4.69) is 5.32 Å². The number of methoxy groups -OCH3 is 1. The average molecular weight is 331 g/mol. The Hall–Kier alpha value is -2.44. The molecule has 0 bridgehead atoms. The highest BCUT2D eigenvalue weighted by Crippen LogP contribution is 2.26. The van der Waals surface area contributed by atoms with Gasteiger partial charge in [-0.05, 0) is 16.3 Å². The molecule has 2 aromatic carbocycles. The monoisotopic (exact) mass is 331 g/mol. The zero-order valence-electron chi connectivity index (χ0n) is 13.5. The van der Waals surface area contributed by atoms with Crippen molar-refractivity contribution >= 4 is 22.6 Å². The molecule has 0 aliphatic heterocycles. The second kappa shape index (κ2) is 9.00. The number of fused-ring (bicyclic) bond motifs is 1. The molecule has 6 nitrogen and oxygen atoms in total. The fraction of sp³-hybridized carbons (Fsp3) is 0.333. The number of nitrogens with one attached hydrogen (secondary N) is 1. The van der Waals surface area contributed by atoms with Gasteiger partial charge < -0.3 is 19.9 Å². The zero-order chi connectivity index (χ0) is 17.4. The van der Waals surface area contributed by atoms with Crippen LogP contribution >= 0.6 is 0 Å². The maximum Gasteiger partial charge on any atom is 0.305 e. The van der Waals surface area contributed by atoms with Gasteiger partial charge in [-0.25, -0.2) is 0 Å². The smallest absolute Gasteiger partial charge is 0.305 e. The van der Waals surface area contributed by atoms with Crippen molar-refractivity contribution in [2.45, 2.75) is 12.5 Å². The van der Waals surface area contributed by atoms with Crippen LogP contribution in [0, 0.1) is 0 Å². The van der Waals surface area contributed by atoms with E-state index in [0.717, 1.165) is 16.3 Å². The molecule has 0 heterocycles. The summed E-state index contributed by atoms with van der Waals surface area (Å²) in [5.74, 6) is -1.33. The van der Waals surface area contributed by atoms with Gasteiger partial charge in [0, 0.05) is 7.11 Å². The van der Waals surface area contributed by atoms with Gasteiger partial charge in [0.25, 0.3) is 0 Å². The summed E-state index contributed by atoms with van der Waals surface area (Å²) in [5, 5.41) is 13.8. The van der Waals surface area contributed by atoms with Crippen LogP contribution in [-0.2, 0) is 19.1 Å². The van der Waals surface area contributed by atoms with Gasteiger partial charge in [-0.1, -0.05) is 42.5 Å². The fourth-order valence-electron chi connectivity index (χ4n) is 2.51. The summed E-state index contributed by atoms with van der Waals surface area (Å²) < 4.78 is 10.0. The lowest BCUT2D eigenvalue weighted by Crippen LogP contribution is -2.33. The van der Waals surface area contributed by atoms with Crippen LogP contribution in [0.15, 0.2) is 42.5 Å². The number of hydrogen-bond donors (Lipinski definition) is 2. The molecule has 0 spiro atoms. The molecule has 2 aromatic rings. The van der Waals surface area contributed by atoms with Gasteiger partial charge in [0.1, 0.15) is 6.61 Å². The number of amides is 1. The molecule has 0 unspecified atom stereocenters. The van der Waals surface area contributed by atoms with Crippen LogP contribution in [0.4, 0.5) is 0 Å². The fourth-order valence-corrected chi connectivity index (χ4v) is 2.51. The third-order valence-electron chi connectivity index (χ3n) is 3.58. The minimum absolute atomic E-state index is 0.135. The summed E-state index contributed by atoms with van der Waals surface area (Å²) in [6.45, 7) is 0.571. The van der Waals surface area contributed by atoms with E-state index in [1.807, 2.05) is 42.5 Å². The van der Waals surface area contributed by atoms with E-state index in [-0.39, 0.29) is 18.9 Å². The zero-order valence-corrected chi connectivity index (χ0v) is 13.5. The summed E-state index contributed by atoms with van der Waals surface area (Å²) in [5.41, 5.74) is 0.778. The van der Waals surface area contributed by atoms with Crippen molar-refractivity contribution < 1.29 is 24.2 Å². The van der Waals surface area contributed by atoms with E-state index in [1.54, 1.807) is 7.11 Å². The Morgan fingerprint density at radius 3 is 2.62 bits per heavy atom. The van der Waals surface area contributed by atoms with Crippen molar-refractivity contribution in [2.24, 2.45) is 0 Å². The van der Waals surface area contributed by atoms with Crippen molar-refractivity contribution in [3.63, 3.8) is 0 Å². The summed E-state index contributed by atoms with van der Waals surface area (Å²) in [7, 11) is 1.55. The van der Waals surface area contributed by atoms with Gasteiger partial charge in [-0.2, -0.15) is 0 Å². The molecule has 128 valence electrons. The number of hydrogen-bond acceptors (Lipinski definition) is 4. The molecule has 0 saturated heterocycles. The quantitative estimate of drug-likeness (QED) is 0.688. The SMILES string of the molecule is COCCOCC(=O)N[C@H](CC(=O)O)c1cccc2ccccc12. The van der Waals surface area contributed by atoms with E-state index < -0.39 is 12.0 Å². The van der Waals surface area contributed by atoms with Crippen LogP contribution in [0.5, 0.6) is 0 Å². The van der Waals surface area contributed by atoms with Crippen molar-refractivity contribution in [3.8, 4) is 0 Å². The predicted octanol–water partition coefficient (Wildman–Crippen LogP) is 2.13. The van der Waals surface area contributed by atoms with Crippen LogP contribution in [0.25, 0.3) is 10.8 Å². The first kappa shape index (κ1) is 17.9. The summed E-state index contributed by atoms with van der Waals surface area (Å²) in [6.07, 6.45) is -0.197. The Balaban J connectivity index is 2.15. The third kappa shape index (κ3) is 5.04. The number of carbonyl (C=O) groups excluding carboxylic acids is 1. The molecule has 2 N–H and O–H groups in total. The van der Waals surface area contributed by atoms with Crippen molar-refractivity contribution in [1.29, 1.82) is 0 Å². The largest absolute Gasteiger partial charge is 0.481 e. The van der Waals surface area contributed by atoms with Gasteiger partial charge in [0.05, 0.1) is 25.7 Å². The predicted molar refractivity (Wildman–Crippen MR) is 89.8 cm³/mol. The normalized spacial score (nSPS) is 12.0. The number of rotatable bonds is 9. The number of ether oxygens (including phenoxy) is 2. The lowest BCUT2D eigenvalue weighted by atomic mass is 9.96. The van der Waals surface area contributed by atoms with Gasteiger partial charge >= 0.3 is 5.97 Å². The first-order chi connectivity index (χ1) is 11.6. The van der Waals surface area contributed by atoms with Crippen molar-refractivity contribution in [3.05, 3.63) is 48.0 Å². The highest BCUT2D eigenvalue weighted by molar-refractivity contribution is 5.87. The maximum absolute atomic E-state index is 12.0. The number of aliphatic carboxylic acids is 1. The summed E-state index contributed by atoms with van der Waals surface area (Å²) in [4.78, 5) is 23.2. The Kier molecular flexibility index (Phi) is 6.72. The second-order valence-electron chi connectivity index (χ2n) is 5.33. The number of carboxylic acids is 1. The number of carboxylic acid groups (broad SMARTS) is 1.